The van der Waals surface area contributed by atoms with Crippen LogP contribution in [0, 0.1) is 0 Å². The first-order valence-electron chi connectivity index (χ1n) is 9.15. The summed E-state index contributed by atoms with van der Waals surface area (Å²) in [5.41, 5.74) is 3.89. The summed E-state index contributed by atoms with van der Waals surface area (Å²) in [6.07, 6.45) is 5.19. The lowest BCUT2D eigenvalue weighted by molar-refractivity contribution is 0.0698. The highest BCUT2D eigenvalue weighted by Gasteiger charge is 2.14. The first-order valence-corrected chi connectivity index (χ1v) is 9.59. The number of hydrogen-bond acceptors (Lipinski definition) is 7. The quantitative estimate of drug-likeness (QED) is 0.412. The van der Waals surface area contributed by atoms with E-state index >= 15 is 0 Å². The fourth-order valence-electron chi connectivity index (χ4n) is 3.11. The summed E-state index contributed by atoms with van der Waals surface area (Å²) in [5, 5.41) is 13.5. The Bertz CT molecular complexity index is 1240. The number of aromatic nitrogens is 3. The summed E-state index contributed by atoms with van der Waals surface area (Å²) in [5.74, 6) is -0.373. The molecule has 0 bridgehead atoms. The van der Waals surface area contributed by atoms with E-state index in [1.807, 2.05) is 37.2 Å². The van der Waals surface area contributed by atoms with Crippen molar-refractivity contribution in [3.05, 3.63) is 66.6 Å². The molecule has 0 atom stereocenters. The maximum Gasteiger partial charge on any atom is 0.337 e. The molecule has 4 aromatic rings. The van der Waals surface area contributed by atoms with Crippen molar-refractivity contribution in [2.24, 2.45) is 0 Å². The molecular weight excluding hydrogens is 398 g/mol. The number of benzene rings is 2. The highest BCUT2D eigenvalue weighted by Crippen LogP contribution is 2.34. The fraction of sp³-hybridized carbons (Fsp3) is 0.0909. The molecule has 0 radical (unpaired) electrons. The van der Waals surface area contributed by atoms with E-state index < -0.39 is 5.97 Å². The summed E-state index contributed by atoms with van der Waals surface area (Å²) in [4.78, 5) is 27.2. The minimum absolute atomic E-state index is 0.180. The normalized spacial score (nSPS) is 10.8. The third kappa shape index (κ3) is 3.77. The number of para-hydroxylation sites is 1. The molecular formula is C22H19N5O2S. The zero-order chi connectivity index (χ0) is 21.3. The van der Waals surface area contributed by atoms with Crippen LogP contribution in [0.4, 0.5) is 17.3 Å². The fourth-order valence-corrected chi connectivity index (χ4v) is 3.34. The molecule has 2 aromatic heterocycles. The van der Waals surface area contributed by atoms with Crippen LogP contribution < -0.4 is 10.2 Å². The number of rotatable bonds is 5. The first-order chi connectivity index (χ1) is 14.4. The van der Waals surface area contributed by atoms with Gasteiger partial charge in [-0.15, -0.1) is 12.6 Å². The first kappa shape index (κ1) is 19.7. The van der Waals surface area contributed by atoms with Crippen LogP contribution in [0.15, 0.2) is 66.0 Å². The van der Waals surface area contributed by atoms with Crippen molar-refractivity contribution in [1.29, 1.82) is 0 Å². The van der Waals surface area contributed by atoms with Crippen LogP contribution >= 0.6 is 12.6 Å². The van der Waals surface area contributed by atoms with Crippen LogP contribution in [0.25, 0.3) is 22.0 Å². The molecule has 0 aliphatic carbocycles. The largest absolute Gasteiger partial charge is 0.478 e. The Kier molecular flexibility index (Phi) is 5.24. The highest BCUT2D eigenvalue weighted by atomic mass is 32.1. The molecule has 4 rings (SSSR count). The lowest BCUT2D eigenvalue weighted by Gasteiger charge is -2.15. The number of thiol groups is 1. The molecule has 0 saturated heterocycles. The van der Waals surface area contributed by atoms with Crippen LogP contribution in [-0.4, -0.2) is 40.1 Å². The molecule has 0 spiro atoms. The number of carbonyl (C=O) groups is 1. The predicted octanol–water partition coefficient (Wildman–Crippen LogP) is 4.49. The second-order valence-electron chi connectivity index (χ2n) is 6.89. The van der Waals surface area contributed by atoms with E-state index in [1.54, 1.807) is 42.9 Å². The number of fused-ring (bicyclic) bond motifs is 1. The Morgan fingerprint density at radius 1 is 1.00 bits per heavy atom. The maximum atomic E-state index is 11.6. The van der Waals surface area contributed by atoms with Gasteiger partial charge < -0.3 is 15.3 Å². The average Bonchev–Trinajstić information content (AvgIpc) is 2.75. The van der Waals surface area contributed by atoms with Crippen molar-refractivity contribution >= 4 is 46.8 Å². The van der Waals surface area contributed by atoms with Gasteiger partial charge in [0.25, 0.3) is 0 Å². The number of carboxylic acid groups (broad SMARTS) is 1. The summed E-state index contributed by atoms with van der Waals surface area (Å²) in [6, 6.07) is 12.6. The topological polar surface area (TPSA) is 91.2 Å². The molecule has 8 heteroatoms. The van der Waals surface area contributed by atoms with Gasteiger partial charge in [0.05, 0.1) is 22.5 Å². The van der Waals surface area contributed by atoms with Gasteiger partial charge in [0, 0.05) is 48.5 Å². The van der Waals surface area contributed by atoms with Gasteiger partial charge in [0.15, 0.2) is 0 Å². The van der Waals surface area contributed by atoms with Crippen molar-refractivity contribution in [2.75, 3.05) is 24.3 Å². The number of pyridine rings is 1. The molecule has 0 unspecified atom stereocenters. The zero-order valence-electron chi connectivity index (χ0n) is 16.4. The minimum atomic E-state index is -1.00. The summed E-state index contributed by atoms with van der Waals surface area (Å²) < 4.78 is 0. The SMILES string of the molecule is CN(C)c1ncc(-c2ccc3ncc(S)c(Nc4ccccc4C(=O)O)c3c2)cn1. The summed E-state index contributed by atoms with van der Waals surface area (Å²) in [6.45, 7) is 0. The Hall–Kier alpha value is -3.65. The van der Waals surface area contributed by atoms with Gasteiger partial charge in [-0.05, 0) is 29.8 Å². The van der Waals surface area contributed by atoms with Crippen LogP contribution in [-0.2, 0) is 0 Å². The van der Waals surface area contributed by atoms with Gasteiger partial charge >= 0.3 is 5.97 Å². The Balaban J connectivity index is 1.81. The molecule has 7 nitrogen and oxygen atoms in total. The lowest BCUT2D eigenvalue weighted by atomic mass is 10.0. The Labute approximate surface area is 178 Å². The van der Waals surface area contributed by atoms with Gasteiger partial charge in [-0.1, -0.05) is 18.2 Å². The third-order valence-corrected chi connectivity index (χ3v) is 4.98. The van der Waals surface area contributed by atoms with E-state index in [9.17, 15) is 9.90 Å². The average molecular weight is 417 g/mol. The lowest BCUT2D eigenvalue weighted by Crippen LogP contribution is -2.12. The molecule has 150 valence electrons. The number of nitrogens with zero attached hydrogens (tertiary/aromatic N) is 4. The molecule has 2 N–H and O–H groups in total. The third-order valence-electron chi connectivity index (χ3n) is 4.64. The molecule has 0 fully saturated rings. The van der Waals surface area contributed by atoms with Crippen molar-refractivity contribution in [1.82, 2.24) is 15.0 Å². The second kappa shape index (κ2) is 8.00. The zero-order valence-corrected chi connectivity index (χ0v) is 17.3. The molecule has 0 saturated carbocycles. The van der Waals surface area contributed by atoms with Crippen LogP contribution in [0.2, 0.25) is 0 Å². The van der Waals surface area contributed by atoms with E-state index in [0.29, 0.717) is 22.2 Å². The second-order valence-corrected chi connectivity index (χ2v) is 7.37. The van der Waals surface area contributed by atoms with E-state index in [0.717, 1.165) is 22.0 Å². The number of hydrogen-bond donors (Lipinski definition) is 3. The molecule has 0 aliphatic heterocycles. The predicted molar refractivity (Wildman–Crippen MR) is 121 cm³/mol. The van der Waals surface area contributed by atoms with E-state index in [4.69, 9.17) is 0 Å². The van der Waals surface area contributed by atoms with E-state index in [1.165, 1.54) is 0 Å². The number of aromatic carboxylic acids is 1. The number of carboxylic acids is 1. The highest BCUT2D eigenvalue weighted by molar-refractivity contribution is 7.80. The Morgan fingerprint density at radius 3 is 2.43 bits per heavy atom. The van der Waals surface area contributed by atoms with E-state index in [2.05, 4.69) is 32.9 Å². The molecule has 2 heterocycles. The van der Waals surface area contributed by atoms with Gasteiger partial charge in [0.1, 0.15) is 0 Å². The van der Waals surface area contributed by atoms with Crippen LogP contribution in [0.1, 0.15) is 10.4 Å². The summed E-state index contributed by atoms with van der Waals surface area (Å²) >= 11 is 4.54. The maximum absolute atomic E-state index is 11.6. The smallest absolute Gasteiger partial charge is 0.337 e. The van der Waals surface area contributed by atoms with Gasteiger partial charge in [0.2, 0.25) is 5.95 Å². The van der Waals surface area contributed by atoms with Gasteiger partial charge in [-0.25, -0.2) is 14.8 Å². The number of nitrogens with one attached hydrogen (secondary N) is 1. The van der Waals surface area contributed by atoms with Gasteiger partial charge in [-0.3, -0.25) is 4.98 Å². The van der Waals surface area contributed by atoms with Crippen molar-refractivity contribution in [2.45, 2.75) is 4.90 Å². The number of anilines is 3. The van der Waals surface area contributed by atoms with E-state index in [-0.39, 0.29) is 5.56 Å². The van der Waals surface area contributed by atoms with Crippen molar-refractivity contribution in [3.63, 3.8) is 0 Å². The Morgan fingerprint density at radius 2 is 1.73 bits per heavy atom. The van der Waals surface area contributed by atoms with Crippen molar-refractivity contribution in [3.8, 4) is 11.1 Å². The monoisotopic (exact) mass is 417 g/mol. The van der Waals surface area contributed by atoms with Crippen molar-refractivity contribution < 1.29 is 9.90 Å². The standard InChI is InChI=1S/C22H19N5O2S/c1-27(2)22-24-10-14(11-25-22)13-7-8-17-16(9-13)20(19(30)12-23-17)26-18-6-4-3-5-15(18)21(28)29/h3-12,30H,1-2H3,(H,23,26)(H,28,29). The minimum Gasteiger partial charge on any atom is -0.478 e. The molecule has 2 aromatic carbocycles. The summed E-state index contributed by atoms with van der Waals surface area (Å²) in [7, 11) is 3.77. The van der Waals surface area contributed by atoms with Crippen LogP contribution in [0.5, 0.6) is 0 Å². The van der Waals surface area contributed by atoms with Crippen LogP contribution in [0.3, 0.4) is 0 Å². The van der Waals surface area contributed by atoms with Gasteiger partial charge in [-0.2, -0.15) is 0 Å². The molecule has 0 aliphatic rings. The molecule has 0 amide bonds. The molecule has 30 heavy (non-hydrogen) atoms.